The number of hydrogen-bond donors (Lipinski definition) is 1. The third kappa shape index (κ3) is 5.27. The quantitative estimate of drug-likeness (QED) is 0.694. The van der Waals surface area contributed by atoms with Gasteiger partial charge < -0.3 is 24.2 Å². The maximum absolute atomic E-state index is 13.4. The van der Waals surface area contributed by atoms with Gasteiger partial charge in [0.1, 0.15) is 0 Å². The average molecular weight is 455 g/mol. The molecule has 1 aromatic carbocycles. The van der Waals surface area contributed by atoms with Gasteiger partial charge in [-0.25, -0.2) is 8.42 Å². The van der Waals surface area contributed by atoms with Crippen molar-refractivity contribution < 1.29 is 32.5 Å². The Hall–Kier alpha value is -1.56. The van der Waals surface area contributed by atoms with Crippen LogP contribution in [0.2, 0.25) is 0 Å². The molecule has 0 aromatic heterocycles. The van der Waals surface area contributed by atoms with Crippen LogP contribution < -0.4 is 0 Å². The standard InChI is InChI=1S/C21H30N2O7S/c24-16-13-23(31(26,27)18-4-2-1-3-5-18)19-7-6-17(30-20(19)15-29-14-16)12-21(25)22-8-10-28-11-9-22/h1-5,16-17,19-20,24H,6-15H2/t16-,17-,19-,20+/m1/s1. The van der Waals surface area contributed by atoms with E-state index in [2.05, 4.69) is 0 Å². The molecule has 1 amide bonds. The van der Waals surface area contributed by atoms with Crippen molar-refractivity contribution in [3.63, 3.8) is 0 Å². The smallest absolute Gasteiger partial charge is 0.243 e. The molecule has 1 aromatic rings. The lowest BCUT2D eigenvalue weighted by Crippen LogP contribution is -2.57. The first kappa shape index (κ1) is 22.6. The van der Waals surface area contributed by atoms with E-state index < -0.39 is 28.3 Å². The van der Waals surface area contributed by atoms with Crippen LogP contribution in [0, 0.1) is 0 Å². The molecule has 3 aliphatic heterocycles. The summed E-state index contributed by atoms with van der Waals surface area (Å²) in [6, 6.07) is 7.77. The van der Waals surface area contributed by atoms with E-state index in [9.17, 15) is 18.3 Å². The zero-order valence-electron chi connectivity index (χ0n) is 17.5. The van der Waals surface area contributed by atoms with Gasteiger partial charge in [0, 0.05) is 19.6 Å². The van der Waals surface area contributed by atoms with E-state index in [1.807, 2.05) is 0 Å². The largest absolute Gasteiger partial charge is 0.389 e. The zero-order valence-corrected chi connectivity index (χ0v) is 18.3. The van der Waals surface area contributed by atoms with Crippen LogP contribution >= 0.6 is 0 Å². The number of aliphatic hydroxyl groups excluding tert-OH is 1. The SMILES string of the molecule is O=C(C[C@H]1CC[C@@H]2[C@H](COC[C@H](O)CN2S(=O)(=O)c2ccccc2)O1)N1CCOCC1. The summed E-state index contributed by atoms with van der Waals surface area (Å²) in [5.41, 5.74) is 0. The van der Waals surface area contributed by atoms with Crippen LogP contribution in [0.25, 0.3) is 0 Å². The number of carbonyl (C=O) groups is 1. The number of ether oxygens (including phenoxy) is 3. The third-order valence-electron chi connectivity index (χ3n) is 6.05. The molecule has 9 nitrogen and oxygen atoms in total. The number of aliphatic hydroxyl groups is 1. The number of hydrogen-bond acceptors (Lipinski definition) is 7. The van der Waals surface area contributed by atoms with Crippen molar-refractivity contribution in [2.75, 3.05) is 46.1 Å². The van der Waals surface area contributed by atoms with Crippen molar-refractivity contribution in [2.24, 2.45) is 0 Å². The fraction of sp³-hybridized carbons (Fsp3) is 0.667. The highest BCUT2D eigenvalue weighted by Gasteiger charge is 2.43. The van der Waals surface area contributed by atoms with Crippen LogP contribution in [-0.4, -0.2) is 99.1 Å². The van der Waals surface area contributed by atoms with Gasteiger partial charge in [0.05, 0.1) is 62.1 Å². The lowest BCUT2D eigenvalue weighted by atomic mass is 9.96. The summed E-state index contributed by atoms with van der Waals surface area (Å²) in [6.45, 7) is 2.41. The van der Waals surface area contributed by atoms with Crippen LogP contribution in [0.3, 0.4) is 0 Å². The summed E-state index contributed by atoms with van der Waals surface area (Å²) in [5, 5.41) is 10.3. The van der Waals surface area contributed by atoms with Crippen molar-refractivity contribution in [1.82, 2.24) is 9.21 Å². The number of nitrogens with zero attached hydrogens (tertiary/aromatic N) is 2. The minimum absolute atomic E-state index is 0.0303. The van der Waals surface area contributed by atoms with Gasteiger partial charge >= 0.3 is 0 Å². The molecular weight excluding hydrogens is 424 g/mol. The Bertz CT molecular complexity index is 845. The molecule has 4 atom stereocenters. The van der Waals surface area contributed by atoms with Crippen LogP contribution in [-0.2, 0) is 29.0 Å². The molecule has 10 heteroatoms. The maximum Gasteiger partial charge on any atom is 0.243 e. The lowest BCUT2D eigenvalue weighted by Gasteiger charge is -2.43. The van der Waals surface area contributed by atoms with Crippen molar-refractivity contribution in [1.29, 1.82) is 0 Å². The van der Waals surface area contributed by atoms with Crippen LogP contribution in [0.15, 0.2) is 35.2 Å². The summed E-state index contributed by atoms with van der Waals surface area (Å²) >= 11 is 0. The highest BCUT2D eigenvalue weighted by molar-refractivity contribution is 7.89. The van der Waals surface area contributed by atoms with E-state index in [4.69, 9.17) is 14.2 Å². The van der Waals surface area contributed by atoms with Gasteiger partial charge in [-0.2, -0.15) is 4.31 Å². The van der Waals surface area contributed by atoms with Gasteiger partial charge in [-0.3, -0.25) is 4.79 Å². The van der Waals surface area contributed by atoms with E-state index in [0.29, 0.717) is 39.1 Å². The highest BCUT2D eigenvalue weighted by Crippen LogP contribution is 2.31. The minimum atomic E-state index is -3.81. The first-order valence-corrected chi connectivity index (χ1v) is 12.2. The van der Waals surface area contributed by atoms with E-state index in [1.54, 1.807) is 35.2 Å². The number of carbonyl (C=O) groups excluding carboxylic acids is 1. The number of β-amino-alcohol motifs (C(OH)–C–C–N with tert-alkyl or cyclic N) is 1. The van der Waals surface area contributed by atoms with E-state index in [-0.39, 0.29) is 43.1 Å². The Kier molecular flexibility index (Phi) is 7.25. The molecule has 31 heavy (non-hydrogen) atoms. The second-order valence-electron chi connectivity index (χ2n) is 8.22. The second kappa shape index (κ2) is 9.93. The number of morpholine rings is 1. The molecule has 0 unspecified atom stereocenters. The van der Waals surface area contributed by atoms with Crippen molar-refractivity contribution in [3.05, 3.63) is 30.3 Å². The number of rotatable bonds is 4. The Balaban J connectivity index is 1.49. The fourth-order valence-electron chi connectivity index (χ4n) is 4.44. The molecule has 4 rings (SSSR count). The molecule has 3 aliphatic rings. The van der Waals surface area contributed by atoms with E-state index >= 15 is 0 Å². The summed E-state index contributed by atoms with van der Waals surface area (Å²) in [7, 11) is -3.81. The third-order valence-corrected chi connectivity index (χ3v) is 7.95. The molecule has 0 bridgehead atoms. The van der Waals surface area contributed by atoms with Gasteiger partial charge in [0.2, 0.25) is 15.9 Å². The molecular formula is C21H30N2O7S. The maximum atomic E-state index is 13.4. The molecule has 0 aliphatic carbocycles. The first-order valence-electron chi connectivity index (χ1n) is 10.8. The Morgan fingerprint density at radius 2 is 1.81 bits per heavy atom. The molecule has 0 spiro atoms. The van der Waals surface area contributed by atoms with Crippen molar-refractivity contribution in [3.8, 4) is 0 Å². The second-order valence-corrected chi connectivity index (χ2v) is 10.1. The van der Waals surface area contributed by atoms with Gasteiger partial charge in [-0.15, -0.1) is 0 Å². The Morgan fingerprint density at radius 3 is 2.55 bits per heavy atom. The number of fused-ring (bicyclic) bond motifs is 1. The normalized spacial score (nSPS) is 30.8. The van der Waals surface area contributed by atoms with Crippen LogP contribution in [0.1, 0.15) is 19.3 Å². The van der Waals surface area contributed by atoms with Gasteiger partial charge in [0.15, 0.2) is 0 Å². The zero-order chi connectivity index (χ0) is 21.8. The molecule has 0 radical (unpaired) electrons. The number of amides is 1. The Morgan fingerprint density at radius 1 is 1.06 bits per heavy atom. The van der Waals surface area contributed by atoms with Gasteiger partial charge in [0.25, 0.3) is 0 Å². The highest BCUT2D eigenvalue weighted by atomic mass is 32.2. The fourth-order valence-corrected chi connectivity index (χ4v) is 6.17. The van der Waals surface area contributed by atoms with Crippen molar-refractivity contribution in [2.45, 2.75) is 48.5 Å². The predicted octanol–water partition coefficient (Wildman–Crippen LogP) is 0.234. The van der Waals surface area contributed by atoms with Crippen molar-refractivity contribution >= 4 is 15.9 Å². The summed E-state index contributed by atoms with van der Waals surface area (Å²) in [5.74, 6) is 0.0303. The predicted molar refractivity (Wildman–Crippen MR) is 111 cm³/mol. The molecule has 172 valence electrons. The molecule has 3 saturated heterocycles. The monoisotopic (exact) mass is 454 g/mol. The van der Waals surface area contributed by atoms with Crippen LogP contribution in [0.5, 0.6) is 0 Å². The summed E-state index contributed by atoms with van der Waals surface area (Å²) in [6.07, 6.45) is -0.340. The lowest BCUT2D eigenvalue weighted by molar-refractivity contribution is -0.153. The molecule has 3 fully saturated rings. The van der Waals surface area contributed by atoms with E-state index in [1.165, 1.54) is 4.31 Å². The number of sulfonamides is 1. The first-order chi connectivity index (χ1) is 14.9. The number of benzene rings is 1. The van der Waals surface area contributed by atoms with E-state index in [0.717, 1.165) is 0 Å². The molecule has 0 saturated carbocycles. The molecule has 3 heterocycles. The van der Waals surface area contributed by atoms with Gasteiger partial charge in [-0.1, -0.05) is 18.2 Å². The summed E-state index contributed by atoms with van der Waals surface area (Å²) < 4.78 is 45.2. The summed E-state index contributed by atoms with van der Waals surface area (Å²) in [4.78, 5) is 14.6. The molecule has 1 N–H and O–H groups in total. The van der Waals surface area contributed by atoms with Crippen LogP contribution in [0.4, 0.5) is 0 Å². The average Bonchev–Trinajstić information content (AvgIpc) is 2.78. The Labute approximate surface area is 182 Å². The topological polar surface area (TPSA) is 106 Å². The van der Waals surface area contributed by atoms with Gasteiger partial charge in [-0.05, 0) is 25.0 Å². The minimum Gasteiger partial charge on any atom is -0.389 e.